The number of hydrogen-bond donors (Lipinski definition) is 1. The molecule has 3 aromatic rings. The summed E-state index contributed by atoms with van der Waals surface area (Å²) in [5.74, 6) is 1.51. The number of ether oxygens (including phenoxy) is 2. The van der Waals surface area contributed by atoms with Gasteiger partial charge in [0.05, 0.1) is 49.1 Å². The second-order valence-electron chi connectivity index (χ2n) is 10.0. The van der Waals surface area contributed by atoms with Crippen LogP contribution >= 0.6 is 0 Å². The fraction of sp³-hybridized carbons (Fsp3) is 0.444. The van der Waals surface area contributed by atoms with Crippen LogP contribution in [0.3, 0.4) is 0 Å². The first kappa shape index (κ1) is 23.7. The van der Waals surface area contributed by atoms with Gasteiger partial charge in [0.25, 0.3) is 5.91 Å². The molecule has 10 heteroatoms. The van der Waals surface area contributed by atoms with E-state index in [1.165, 1.54) is 0 Å². The van der Waals surface area contributed by atoms with E-state index in [1.807, 2.05) is 30.3 Å². The first-order chi connectivity index (χ1) is 17.9. The van der Waals surface area contributed by atoms with E-state index >= 15 is 0 Å². The number of Topliss-reactive ketones (excluding diaryl/α,β-unsaturated/α-hetero) is 1. The molecule has 1 amide bonds. The maximum atomic E-state index is 12.2. The number of rotatable bonds is 4. The molecule has 1 saturated carbocycles. The van der Waals surface area contributed by atoms with Gasteiger partial charge < -0.3 is 24.6 Å². The minimum Gasteiger partial charge on any atom is -0.377 e. The molecule has 2 aromatic heterocycles. The van der Waals surface area contributed by atoms with Crippen LogP contribution in [0.5, 0.6) is 0 Å². The molecular weight excluding hydrogens is 472 g/mol. The number of morpholine rings is 2. The van der Waals surface area contributed by atoms with Crippen molar-refractivity contribution >= 4 is 34.5 Å². The van der Waals surface area contributed by atoms with Gasteiger partial charge in [-0.05, 0) is 31.2 Å². The van der Waals surface area contributed by atoms with E-state index in [4.69, 9.17) is 24.4 Å². The zero-order valence-corrected chi connectivity index (χ0v) is 21.1. The number of carbonyl (C=O) groups excluding carboxylic acids is 2. The lowest BCUT2D eigenvalue weighted by Gasteiger charge is -2.47. The molecule has 6 rings (SSSR count). The molecule has 2 saturated heterocycles. The van der Waals surface area contributed by atoms with Crippen molar-refractivity contribution in [3.63, 3.8) is 0 Å². The van der Waals surface area contributed by atoms with Crippen molar-refractivity contribution in [2.45, 2.75) is 31.4 Å². The number of fused-ring (bicyclic) bond motifs is 1. The molecular formula is C27H30N6O4. The molecule has 0 unspecified atom stereocenters. The molecule has 1 aromatic carbocycles. The van der Waals surface area contributed by atoms with Crippen molar-refractivity contribution in [2.75, 3.05) is 56.3 Å². The highest BCUT2D eigenvalue weighted by Gasteiger charge is 2.48. The number of carbonyl (C=O) groups is 2. The van der Waals surface area contributed by atoms with Crippen LogP contribution in [0.25, 0.3) is 22.3 Å². The predicted molar refractivity (Wildman–Crippen MR) is 139 cm³/mol. The number of pyridine rings is 1. The summed E-state index contributed by atoms with van der Waals surface area (Å²) in [4.78, 5) is 43.2. The Labute approximate surface area is 215 Å². The van der Waals surface area contributed by atoms with Crippen molar-refractivity contribution in [1.29, 1.82) is 0 Å². The first-order valence-electron chi connectivity index (χ1n) is 12.7. The number of benzene rings is 1. The monoisotopic (exact) mass is 502 g/mol. The largest absolute Gasteiger partial charge is 0.377 e. The van der Waals surface area contributed by atoms with Crippen LogP contribution in [0, 0.1) is 0 Å². The molecule has 3 fully saturated rings. The molecule has 3 aliphatic rings. The van der Waals surface area contributed by atoms with Gasteiger partial charge >= 0.3 is 0 Å². The van der Waals surface area contributed by atoms with Gasteiger partial charge in [0.1, 0.15) is 11.6 Å². The Kier molecular flexibility index (Phi) is 6.00. The molecule has 1 N–H and O–H groups in total. The van der Waals surface area contributed by atoms with Crippen LogP contribution < -0.4 is 15.1 Å². The summed E-state index contributed by atoms with van der Waals surface area (Å²) in [6.07, 6.45) is 0.878. The molecule has 0 bridgehead atoms. The summed E-state index contributed by atoms with van der Waals surface area (Å²) in [7, 11) is 1.62. The maximum Gasteiger partial charge on any atom is 0.251 e. The quantitative estimate of drug-likeness (QED) is 0.574. The third kappa shape index (κ3) is 4.40. The highest BCUT2D eigenvalue weighted by atomic mass is 16.5. The zero-order valence-electron chi connectivity index (χ0n) is 21.1. The van der Waals surface area contributed by atoms with Crippen molar-refractivity contribution in [2.24, 2.45) is 0 Å². The van der Waals surface area contributed by atoms with E-state index in [-0.39, 0.29) is 17.7 Å². The van der Waals surface area contributed by atoms with Crippen LogP contribution in [0.1, 0.15) is 30.1 Å². The van der Waals surface area contributed by atoms with Crippen molar-refractivity contribution < 1.29 is 19.1 Å². The average Bonchev–Trinajstić information content (AvgIpc) is 2.91. The van der Waals surface area contributed by atoms with Crippen LogP contribution in [0.2, 0.25) is 0 Å². The number of nitrogens with one attached hydrogen (secondary N) is 1. The van der Waals surface area contributed by atoms with Gasteiger partial charge in [0.15, 0.2) is 5.65 Å². The van der Waals surface area contributed by atoms with Crippen LogP contribution in [-0.4, -0.2) is 84.8 Å². The van der Waals surface area contributed by atoms with Crippen molar-refractivity contribution in [1.82, 2.24) is 20.3 Å². The van der Waals surface area contributed by atoms with E-state index in [1.54, 1.807) is 13.1 Å². The summed E-state index contributed by atoms with van der Waals surface area (Å²) in [5, 5.41) is 3.53. The normalized spacial score (nSPS) is 21.2. The Hall–Kier alpha value is -3.63. The van der Waals surface area contributed by atoms with Crippen LogP contribution in [0.4, 0.5) is 11.8 Å². The van der Waals surface area contributed by atoms with Gasteiger partial charge in [0.2, 0.25) is 5.95 Å². The Morgan fingerprint density at radius 3 is 2.76 bits per heavy atom. The van der Waals surface area contributed by atoms with Gasteiger partial charge in [-0.25, -0.2) is 4.98 Å². The van der Waals surface area contributed by atoms with E-state index < -0.39 is 5.60 Å². The minimum absolute atomic E-state index is 0.147. The summed E-state index contributed by atoms with van der Waals surface area (Å²) in [6, 6.07) is 11.5. The Balaban J connectivity index is 1.44. The van der Waals surface area contributed by atoms with Gasteiger partial charge in [-0.2, -0.15) is 9.97 Å². The Morgan fingerprint density at radius 2 is 1.97 bits per heavy atom. The van der Waals surface area contributed by atoms with Gasteiger partial charge in [-0.1, -0.05) is 12.1 Å². The highest BCUT2D eigenvalue weighted by Crippen LogP contribution is 2.37. The third-order valence-corrected chi connectivity index (χ3v) is 7.39. The maximum absolute atomic E-state index is 12.2. The number of ketones is 1. The second kappa shape index (κ2) is 9.35. The number of nitrogens with zero attached hydrogens (tertiary/aromatic N) is 5. The summed E-state index contributed by atoms with van der Waals surface area (Å²) < 4.78 is 11.7. The standard InChI is InChI=1S/C27H30N6O4/c1-17-15-36-10-9-33(17)24-21-6-7-22(18-4-3-5-19(12-18)25(35)28-2)29-23(21)30-26(31-24)32-8-11-37-27(16-32)13-20(34)14-27/h3-7,12,17H,8-11,13-16H2,1-2H3,(H,28,35)/t17-/m0/s1. The third-order valence-electron chi connectivity index (χ3n) is 7.39. The second-order valence-corrected chi connectivity index (χ2v) is 10.0. The number of aromatic nitrogens is 3. The highest BCUT2D eigenvalue weighted by molar-refractivity contribution is 5.95. The molecule has 1 spiro atoms. The van der Waals surface area contributed by atoms with Gasteiger partial charge in [0, 0.05) is 44.1 Å². The predicted octanol–water partition coefficient (Wildman–Crippen LogP) is 2.21. The molecule has 0 radical (unpaired) electrons. The lowest BCUT2D eigenvalue weighted by Crippen LogP contribution is -2.59. The zero-order chi connectivity index (χ0) is 25.6. The fourth-order valence-corrected chi connectivity index (χ4v) is 5.41. The Bertz CT molecular complexity index is 1370. The minimum atomic E-state index is -0.435. The molecule has 1 atom stereocenters. The number of anilines is 2. The van der Waals surface area contributed by atoms with E-state index in [9.17, 15) is 9.59 Å². The van der Waals surface area contributed by atoms with E-state index in [0.717, 1.165) is 29.0 Å². The van der Waals surface area contributed by atoms with Gasteiger partial charge in [-0.3, -0.25) is 9.59 Å². The first-order valence-corrected chi connectivity index (χ1v) is 12.7. The van der Waals surface area contributed by atoms with Gasteiger partial charge in [-0.15, -0.1) is 0 Å². The summed E-state index contributed by atoms with van der Waals surface area (Å²) in [6.45, 7) is 5.86. The molecule has 4 heterocycles. The fourth-order valence-electron chi connectivity index (χ4n) is 5.41. The SMILES string of the molecule is CNC(=O)c1cccc(-c2ccc3c(N4CCOC[C@@H]4C)nc(N4CCOC5(CC(=O)C5)C4)nc3n2)c1. The molecule has 1 aliphatic carbocycles. The average molecular weight is 503 g/mol. The van der Waals surface area contributed by atoms with Crippen LogP contribution in [0.15, 0.2) is 36.4 Å². The molecule has 192 valence electrons. The van der Waals surface area contributed by atoms with E-state index in [0.29, 0.717) is 62.9 Å². The lowest BCUT2D eigenvalue weighted by atomic mass is 9.77. The molecule has 37 heavy (non-hydrogen) atoms. The summed E-state index contributed by atoms with van der Waals surface area (Å²) in [5.41, 5.74) is 2.29. The number of amides is 1. The Morgan fingerprint density at radius 1 is 1.11 bits per heavy atom. The summed E-state index contributed by atoms with van der Waals surface area (Å²) >= 11 is 0. The smallest absolute Gasteiger partial charge is 0.251 e. The number of hydrogen-bond acceptors (Lipinski definition) is 9. The van der Waals surface area contributed by atoms with Crippen molar-refractivity contribution in [3.05, 3.63) is 42.0 Å². The van der Waals surface area contributed by atoms with Crippen LogP contribution in [-0.2, 0) is 14.3 Å². The lowest BCUT2D eigenvalue weighted by molar-refractivity contribution is -0.154. The van der Waals surface area contributed by atoms with E-state index in [2.05, 4.69) is 22.0 Å². The molecule has 2 aliphatic heterocycles. The molecule has 10 nitrogen and oxygen atoms in total. The topological polar surface area (TPSA) is 110 Å². The van der Waals surface area contributed by atoms with Crippen molar-refractivity contribution in [3.8, 4) is 11.3 Å².